The van der Waals surface area contributed by atoms with Crippen molar-refractivity contribution in [2.45, 2.75) is 50.6 Å². The molecule has 1 fully saturated rings. The molecular formula is C22H26N2O3. The number of amides is 1. The predicted molar refractivity (Wildman–Crippen MR) is 106 cm³/mol. The number of rotatable bonds is 7. The molecule has 1 unspecified atom stereocenters. The maximum atomic E-state index is 12.9. The van der Waals surface area contributed by atoms with Crippen LogP contribution in [-0.2, 0) is 11.2 Å². The number of carboxylic acid groups (broad SMARTS) is 1. The van der Waals surface area contributed by atoms with Gasteiger partial charge in [0.2, 0.25) is 5.91 Å². The summed E-state index contributed by atoms with van der Waals surface area (Å²) in [4.78, 5) is 23.9. The fraction of sp³-hybridized carbons (Fsp3) is 0.364. The van der Waals surface area contributed by atoms with Crippen molar-refractivity contribution in [3.63, 3.8) is 0 Å². The van der Waals surface area contributed by atoms with Gasteiger partial charge in [0.25, 0.3) is 0 Å². The van der Waals surface area contributed by atoms with E-state index in [0.717, 1.165) is 18.4 Å². The molecule has 1 amide bonds. The van der Waals surface area contributed by atoms with E-state index in [-0.39, 0.29) is 17.5 Å². The topological polar surface area (TPSA) is 78.4 Å². The average molecular weight is 366 g/mol. The van der Waals surface area contributed by atoms with Crippen LogP contribution in [0.1, 0.15) is 48.0 Å². The fourth-order valence-corrected chi connectivity index (χ4v) is 3.56. The highest BCUT2D eigenvalue weighted by Crippen LogP contribution is 2.19. The van der Waals surface area contributed by atoms with E-state index >= 15 is 0 Å². The van der Waals surface area contributed by atoms with Gasteiger partial charge in [0, 0.05) is 11.7 Å². The van der Waals surface area contributed by atoms with Crippen molar-refractivity contribution in [3.8, 4) is 0 Å². The second-order valence-corrected chi connectivity index (χ2v) is 7.12. The molecule has 0 aliphatic heterocycles. The van der Waals surface area contributed by atoms with E-state index in [1.165, 1.54) is 31.4 Å². The van der Waals surface area contributed by atoms with E-state index in [4.69, 9.17) is 5.11 Å². The summed E-state index contributed by atoms with van der Waals surface area (Å²) in [7, 11) is 0. The van der Waals surface area contributed by atoms with Crippen molar-refractivity contribution in [2.75, 3.05) is 5.32 Å². The summed E-state index contributed by atoms with van der Waals surface area (Å²) >= 11 is 0. The van der Waals surface area contributed by atoms with E-state index < -0.39 is 5.97 Å². The molecule has 27 heavy (non-hydrogen) atoms. The molecular weight excluding hydrogens is 340 g/mol. The Hall–Kier alpha value is -2.66. The molecule has 3 N–H and O–H groups in total. The Morgan fingerprint density at radius 1 is 0.963 bits per heavy atom. The lowest BCUT2D eigenvalue weighted by molar-refractivity contribution is -0.118. The number of carbonyl (C=O) groups is 2. The first kappa shape index (κ1) is 19.1. The standard InChI is InChI=1S/C22H26N2O3/c25-21(24-19-13-11-17(12-14-19)22(26)27)20(15-16-7-3-1-4-8-16)23-18-9-5-2-6-10-18/h1,3-4,7-8,11-14,18,20,23H,2,5-6,9-10,15H2,(H,24,25)(H,26,27). The number of aromatic carboxylic acids is 1. The Balaban J connectivity index is 1.69. The van der Waals surface area contributed by atoms with Crippen LogP contribution in [0, 0.1) is 0 Å². The van der Waals surface area contributed by atoms with Gasteiger partial charge in [-0.3, -0.25) is 4.79 Å². The van der Waals surface area contributed by atoms with Crippen LogP contribution >= 0.6 is 0 Å². The molecule has 0 heterocycles. The van der Waals surface area contributed by atoms with Gasteiger partial charge in [-0.25, -0.2) is 4.79 Å². The molecule has 3 rings (SSSR count). The number of carbonyl (C=O) groups excluding carboxylic acids is 1. The van der Waals surface area contributed by atoms with E-state index in [1.54, 1.807) is 12.1 Å². The second-order valence-electron chi connectivity index (χ2n) is 7.12. The number of carboxylic acids is 1. The van der Waals surface area contributed by atoms with Crippen molar-refractivity contribution in [1.29, 1.82) is 0 Å². The van der Waals surface area contributed by atoms with Gasteiger partial charge in [0.1, 0.15) is 0 Å². The summed E-state index contributed by atoms with van der Waals surface area (Å²) in [5.41, 5.74) is 1.92. The van der Waals surface area contributed by atoms with Crippen molar-refractivity contribution in [2.24, 2.45) is 0 Å². The molecule has 2 aromatic carbocycles. The largest absolute Gasteiger partial charge is 0.478 e. The van der Waals surface area contributed by atoms with Crippen molar-refractivity contribution in [3.05, 3.63) is 65.7 Å². The van der Waals surface area contributed by atoms with Gasteiger partial charge in [-0.15, -0.1) is 0 Å². The maximum absolute atomic E-state index is 12.9. The SMILES string of the molecule is O=C(O)c1ccc(NC(=O)C(Cc2ccccc2)NC2CCCCC2)cc1. The average Bonchev–Trinajstić information content (AvgIpc) is 2.69. The zero-order valence-electron chi connectivity index (χ0n) is 15.4. The van der Waals surface area contributed by atoms with E-state index in [1.807, 2.05) is 30.3 Å². The van der Waals surface area contributed by atoms with Crippen LogP contribution in [0.3, 0.4) is 0 Å². The van der Waals surface area contributed by atoms with Gasteiger partial charge in [-0.2, -0.15) is 0 Å². The maximum Gasteiger partial charge on any atom is 0.335 e. The summed E-state index contributed by atoms with van der Waals surface area (Å²) in [6.45, 7) is 0. The molecule has 5 nitrogen and oxygen atoms in total. The minimum absolute atomic E-state index is 0.0903. The first-order chi connectivity index (χ1) is 13.1. The normalized spacial score (nSPS) is 15.9. The summed E-state index contributed by atoms with van der Waals surface area (Å²) < 4.78 is 0. The Labute approximate surface area is 159 Å². The molecule has 1 saturated carbocycles. The highest BCUT2D eigenvalue weighted by atomic mass is 16.4. The third kappa shape index (κ3) is 5.66. The van der Waals surface area contributed by atoms with Gasteiger partial charge in [-0.1, -0.05) is 49.6 Å². The molecule has 0 aromatic heterocycles. The van der Waals surface area contributed by atoms with Gasteiger partial charge in [0.05, 0.1) is 11.6 Å². The van der Waals surface area contributed by atoms with Crippen molar-refractivity contribution >= 4 is 17.6 Å². The third-order valence-corrected chi connectivity index (χ3v) is 5.04. The smallest absolute Gasteiger partial charge is 0.335 e. The summed E-state index contributed by atoms with van der Waals surface area (Å²) in [6, 6.07) is 16.3. The van der Waals surface area contributed by atoms with Crippen LogP contribution in [-0.4, -0.2) is 29.1 Å². The molecule has 0 saturated heterocycles. The lowest BCUT2D eigenvalue weighted by atomic mass is 9.94. The number of hydrogen-bond donors (Lipinski definition) is 3. The molecule has 1 aliphatic carbocycles. The molecule has 0 spiro atoms. The highest BCUT2D eigenvalue weighted by molar-refractivity contribution is 5.95. The summed E-state index contributed by atoms with van der Waals surface area (Å²) in [6.07, 6.45) is 6.50. The van der Waals surface area contributed by atoms with Gasteiger partial charge in [-0.05, 0) is 49.1 Å². The molecule has 142 valence electrons. The molecule has 1 aliphatic rings. The van der Waals surface area contributed by atoms with Gasteiger partial charge < -0.3 is 15.7 Å². The third-order valence-electron chi connectivity index (χ3n) is 5.04. The highest BCUT2D eigenvalue weighted by Gasteiger charge is 2.24. The minimum Gasteiger partial charge on any atom is -0.478 e. The first-order valence-corrected chi connectivity index (χ1v) is 9.56. The first-order valence-electron chi connectivity index (χ1n) is 9.56. The van der Waals surface area contributed by atoms with Crippen LogP contribution < -0.4 is 10.6 Å². The molecule has 0 bridgehead atoms. The molecule has 2 aromatic rings. The quantitative estimate of drug-likeness (QED) is 0.695. The van der Waals surface area contributed by atoms with Crippen molar-refractivity contribution in [1.82, 2.24) is 5.32 Å². The van der Waals surface area contributed by atoms with Gasteiger partial charge in [0.15, 0.2) is 0 Å². The minimum atomic E-state index is -0.978. The Kier molecular flexibility index (Phi) is 6.60. The lowest BCUT2D eigenvalue weighted by Gasteiger charge is -2.28. The predicted octanol–water partition coefficient (Wildman–Crippen LogP) is 3.86. The van der Waals surface area contributed by atoms with Crippen LogP contribution in [0.4, 0.5) is 5.69 Å². The van der Waals surface area contributed by atoms with E-state index in [9.17, 15) is 9.59 Å². The Bertz CT molecular complexity index is 753. The van der Waals surface area contributed by atoms with Crippen molar-refractivity contribution < 1.29 is 14.7 Å². The number of anilines is 1. The second kappa shape index (κ2) is 9.33. The van der Waals surface area contributed by atoms with Crippen LogP contribution in [0.2, 0.25) is 0 Å². The zero-order chi connectivity index (χ0) is 19.1. The number of nitrogens with one attached hydrogen (secondary N) is 2. The Morgan fingerprint density at radius 2 is 1.63 bits per heavy atom. The number of hydrogen-bond acceptors (Lipinski definition) is 3. The van der Waals surface area contributed by atoms with E-state index in [2.05, 4.69) is 10.6 Å². The molecule has 5 heteroatoms. The van der Waals surface area contributed by atoms with Crippen LogP contribution in [0.15, 0.2) is 54.6 Å². The molecule has 0 radical (unpaired) electrons. The lowest BCUT2D eigenvalue weighted by Crippen LogP contribution is -2.47. The molecule has 1 atom stereocenters. The van der Waals surface area contributed by atoms with Gasteiger partial charge >= 0.3 is 5.97 Å². The number of benzene rings is 2. The monoisotopic (exact) mass is 366 g/mol. The summed E-state index contributed by atoms with van der Waals surface area (Å²) in [5, 5.41) is 15.5. The zero-order valence-corrected chi connectivity index (χ0v) is 15.4. The van der Waals surface area contributed by atoms with E-state index in [0.29, 0.717) is 18.2 Å². The Morgan fingerprint density at radius 3 is 2.26 bits per heavy atom. The van der Waals surface area contributed by atoms with Crippen LogP contribution in [0.5, 0.6) is 0 Å². The summed E-state index contributed by atoms with van der Waals surface area (Å²) in [5.74, 6) is -1.07. The fourth-order valence-electron chi connectivity index (χ4n) is 3.56. The van der Waals surface area contributed by atoms with Crippen LogP contribution in [0.25, 0.3) is 0 Å².